The predicted molar refractivity (Wildman–Crippen MR) is 114 cm³/mol. The van der Waals surface area contributed by atoms with Gasteiger partial charge in [0, 0.05) is 31.9 Å². The van der Waals surface area contributed by atoms with Crippen molar-refractivity contribution in [2.24, 2.45) is 0 Å². The van der Waals surface area contributed by atoms with Gasteiger partial charge < -0.3 is 24.1 Å². The summed E-state index contributed by atoms with van der Waals surface area (Å²) in [5, 5.41) is 12.1. The van der Waals surface area contributed by atoms with E-state index in [9.17, 15) is 4.79 Å². The lowest BCUT2D eigenvalue weighted by atomic mass is 10.2. The van der Waals surface area contributed by atoms with Crippen molar-refractivity contribution in [3.63, 3.8) is 0 Å². The molecule has 1 N–H and O–H groups in total. The Morgan fingerprint density at radius 1 is 1.14 bits per heavy atom. The van der Waals surface area contributed by atoms with Gasteiger partial charge in [-0.1, -0.05) is 11.8 Å². The predicted octanol–water partition coefficient (Wildman–Crippen LogP) is 3.00. The molecule has 1 amide bonds. The molecule has 1 unspecified atom stereocenters. The molecule has 0 aliphatic rings. The molecule has 1 aromatic carbocycles. The molecule has 0 fully saturated rings. The topological polar surface area (TPSA) is 87.5 Å². The van der Waals surface area contributed by atoms with Gasteiger partial charge in [0.1, 0.15) is 0 Å². The SMILES string of the molecule is COCCCn1c(SC(C)C(=O)NC(C)C)nnc1-c1ccc(OC)c(OC)c1. The number of carbonyl (C=O) groups excluding carboxylic acids is 1. The van der Waals surface area contributed by atoms with E-state index in [2.05, 4.69) is 15.5 Å². The maximum absolute atomic E-state index is 12.3. The van der Waals surface area contributed by atoms with Gasteiger partial charge in [-0.2, -0.15) is 0 Å². The van der Waals surface area contributed by atoms with E-state index in [1.807, 2.05) is 43.5 Å². The van der Waals surface area contributed by atoms with Gasteiger partial charge in [-0.3, -0.25) is 4.79 Å². The summed E-state index contributed by atoms with van der Waals surface area (Å²) in [7, 11) is 4.87. The number of nitrogens with one attached hydrogen (secondary N) is 1. The lowest BCUT2D eigenvalue weighted by Crippen LogP contribution is -2.36. The monoisotopic (exact) mass is 422 g/mol. The summed E-state index contributed by atoms with van der Waals surface area (Å²) >= 11 is 1.39. The lowest BCUT2D eigenvalue weighted by Gasteiger charge is -2.15. The largest absolute Gasteiger partial charge is 0.493 e. The second-order valence-electron chi connectivity index (χ2n) is 6.80. The minimum Gasteiger partial charge on any atom is -0.493 e. The van der Waals surface area contributed by atoms with Crippen LogP contribution in [0.2, 0.25) is 0 Å². The van der Waals surface area contributed by atoms with Gasteiger partial charge in [0.25, 0.3) is 0 Å². The Morgan fingerprint density at radius 3 is 2.48 bits per heavy atom. The van der Waals surface area contributed by atoms with Crippen LogP contribution in [0.4, 0.5) is 0 Å². The van der Waals surface area contributed by atoms with E-state index in [-0.39, 0.29) is 17.2 Å². The van der Waals surface area contributed by atoms with Crippen molar-refractivity contribution in [2.75, 3.05) is 27.9 Å². The van der Waals surface area contributed by atoms with Crippen LogP contribution in [0.15, 0.2) is 23.4 Å². The molecular weight excluding hydrogens is 392 g/mol. The summed E-state index contributed by atoms with van der Waals surface area (Å²) in [4.78, 5) is 12.3. The number of ether oxygens (including phenoxy) is 3. The van der Waals surface area contributed by atoms with Crippen LogP contribution in [0.1, 0.15) is 27.2 Å². The molecular formula is C20H30N4O4S. The van der Waals surface area contributed by atoms with Crippen LogP contribution in [0.5, 0.6) is 11.5 Å². The van der Waals surface area contributed by atoms with Crippen molar-refractivity contribution < 1.29 is 19.0 Å². The maximum Gasteiger partial charge on any atom is 0.233 e. The number of rotatable bonds is 11. The van der Waals surface area contributed by atoms with E-state index in [1.165, 1.54) is 11.8 Å². The molecule has 0 saturated carbocycles. The van der Waals surface area contributed by atoms with E-state index in [1.54, 1.807) is 21.3 Å². The van der Waals surface area contributed by atoms with Crippen molar-refractivity contribution in [3.8, 4) is 22.9 Å². The maximum atomic E-state index is 12.3. The van der Waals surface area contributed by atoms with Gasteiger partial charge in [-0.15, -0.1) is 10.2 Å². The highest BCUT2D eigenvalue weighted by molar-refractivity contribution is 8.00. The Bertz CT molecular complexity index is 810. The fourth-order valence-electron chi connectivity index (χ4n) is 2.75. The highest BCUT2D eigenvalue weighted by Gasteiger charge is 2.21. The minimum absolute atomic E-state index is 0.0240. The molecule has 8 nitrogen and oxygen atoms in total. The molecule has 9 heteroatoms. The summed E-state index contributed by atoms with van der Waals surface area (Å²) in [6, 6.07) is 5.72. The number of methoxy groups -OCH3 is 3. The van der Waals surface area contributed by atoms with Crippen molar-refractivity contribution >= 4 is 17.7 Å². The first-order chi connectivity index (χ1) is 13.9. The average Bonchev–Trinajstić information content (AvgIpc) is 3.09. The van der Waals surface area contributed by atoms with Gasteiger partial charge in [-0.25, -0.2) is 0 Å². The van der Waals surface area contributed by atoms with Gasteiger partial charge in [0.2, 0.25) is 5.91 Å². The molecule has 0 saturated heterocycles. The molecule has 0 bridgehead atoms. The summed E-state index contributed by atoms with van der Waals surface area (Å²) in [5.41, 5.74) is 0.860. The summed E-state index contributed by atoms with van der Waals surface area (Å²) in [6.07, 6.45) is 0.801. The highest BCUT2D eigenvalue weighted by atomic mass is 32.2. The number of benzene rings is 1. The Morgan fingerprint density at radius 2 is 1.86 bits per heavy atom. The number of aromatic nitrogens is 3. The lowest BCUT2D eigenvalue weighted by molar-refractivity contribution is -0.120. The first-order valence-electron chi connectivity index (χ1n) is 9.52. The van der Waals surface area contributed by atoms with Gasteiger partial charge >= 0.3 is 0 Å². The summed E-state index contributed by atoms with van der Waals surface area (Å²) < 4.78 is 17.9. The van der Waals surface area contributed by atoms with E-state index in [0.29, 0.717) is 35.6 Å². The quantitative estimate of drug-likeness (QED) is 0.440. The Kier molecular flexibility index (Phi) is 8.78. The summed E-state index contributed by atoms with van der Waals surface area (Å²) in [6.45, 7) is 7.05. The Labute approximate surface area is 176 Å². The number of amides is 1. The minimum atomic E-state index is -0.291. The van der Waals surface area contributed by atoms with Crippen LogP contribution in [-0.4, -0.2) is 59.9 Å². The molecule has 160 valence electrons. The average molecular weight is 423 g/mol. The van der Waals surface area contributed by atoms with Crippen LogP contribution < -0.4 is 14.8 Å². The van der Waals surface area contributed by atoms with Crippen molar-refractivity contribution in [2.45, 2.75) is 50.2 Å². The molecule has 29 heavy (non-hydrogen) atoms. The van der Waals surface area contributed by atoms with Gasteiger partial charge in [-0.05, 0) is 45.4 Å². The van der Waals surface area contributed by atoms with Crippen molar-refractivity contribution in [1.82, 2.24) is 20.1 Å². The Balaban J connectivity index is 2.34. The zero-order valence-corrected chi connectivity index (χ0v) is 18.7. The zero-order valence-electron chi connectivity index (χ0n) is 17.9. The van der Waals surface area contributed by atoms with E-state index in [0.717, 1.165) is 12.0 Å². The molecule has 0 aliphatic heterocycles. The second kappa shape index (κ2) is 11.1. The van der Waals surface area contributed by atoms with Gasteiger partial charge in [0.15, 0.2) is 22.5 Å². The number of hydrogen-bond acceptors (Lipinski definition) is 7. The van der Waals surface area contributed by atoms with Crippen molar-refractivity contribution in [1.29, 1.82) is 0 Å². The number of carbonyl (C=O) groups is 1. The Hall–Kier alpha value is -2.26. The number of nitrogens with zero attached hydrogens (tertiary/aromatic N) is 3. The van der Waals surface area contributed by atoms with E-state index >= 15 is 0 Å². The first-order valence-corrected chi connectivity index (χ1v) is 10.4. The fraction of sp³-hybridized carbons (Fsp3) is 0.550. The highest BCUT2D eigenvalue weighted by Crippen LogP contribution is 2.33. The second-order valence-corrected chi connectivity index (χ2v) is 8.11. The van der Waals surface area contributed by atoms with Crippen LogP contribution >= 0.6 is 11.8 Å². The molecule has 1 aromatic heterocycles. The normalized spacial score (nSPS) is 12.1. The number of thioether (sulfide) groups is 1. The summed E-state index contributed by atoms with van der Waals surface area (Å²) in [5.74, 6) is 1.95. The molecule has 0 radical (unpaired) electrons. The molecule has 2 aromatic rings. The zero-order chi connectivity index (χ0) is 21.4. The van der Waals surface area contributed by atoms with Crippen LogP contribution in [0, 0.1) is 0 Å². The molecule has 1 heterocycles. The smallest absolute Gasteiger partial charge is 0.233 e. The third-order valence-corrected chi connectivity index (χ3v) is 5.25. The van der Waals surface area contributed by atoms with Crippen LogP contribution in [-0.2, 0) is 16.1 Å². The third kappa shape index (κ3) is 6.11. The molecule has 2 rings (SSSR count). The van der Waals surface area contributed by atoms with E-state index in [4.69, 9.17) is 14.2 Å². The first kappa shape index (κ1) is 23.0. The van der Waals surface area contributed by atoms with Crippen LogP contribution in [0.3, 0.4) is 0 Å². The van der Waals surface area contributed by atoms with Crippen LogP contribution in [0.25, 0.3) is 11.4 Å². The molecule has 0 aliphatic carbocycles. The third-order valence-electron chi connectivity index (χ3n) is 4.17. The molecule has 0 spiro atoms. The van der Waals surface area contributed by atoms with Gasteiger partial charge in [0.05, 0.1) is 19.5 Å². The van der Waals surface area contributed by atoms with E-state index < -0.39 is 0 Å². The van der Waals surface area contributed by atoms with Crippen molar-refractivity contribution in [3.05, 3.63) is 18.2 Å². The number of hydrogen-bond donors (Lipinski definition) is 1. The fourth-order valence-corrected chi connectivity index (χ4v) is 3.63. The standard InChI is InChI=1S/C20H30N4O4S/c1-13(2)21-19(25)14(3)29-20-23-22-18(24(20)10-7-11-26-4)15-8-9-16(27-5)17(12-15)28-6/h8-9,12-14H,7,10-11H2,1-6H3,(H,21,25). The molecule has 1 atom stereocenters.